The van der Waals surface area contributed by atoms with Gasteiger partial charge in [0.15, 0.2) is 0 Å². The summed E-state index contributed by atoms with van der Waals surface area (Å²) in [7, 11) is 2.09. The molecule has 3 nitrogen and oxygen atoms in total. The third-order valence-electron chi connectivity index (χ3n) is 5.34. The molecule has 3 heteroatoms. The molecule has 0 bridgehead atoms. The molecule has 0 amide bonds. The minimum atomic E-state index is -0.122. The second kappa shape index (κ2) is 7.05. The number of piperidine rings is 1. The maximum atomic E-state index is 9.69. The molecule has 2 N–H and O–H groups in total. The van der Waals surface area contributed by atoms with Gasteiger partial charge in [0, 0.05) is 13.1 Å². The second-order valence-corrected chi connectivity index (χ2v) is 6.95. The van der Waals surface area contributed by atoms with Crippen LogP contribution in [0.15, 0.2) is 0 Å². The Morgan fingerprint density at radius 1 is 1.21 bits per heavy atom. The van der Waals surface area contributed by atoms with E-state index in [1.165, 1.54) is 71.1 Å². The first kappa shape index (κ1) is 15.3. The van der Waals surface area contributed by atoms with Gasteiger partial charge in [0.05, 0.1) is 6.10 Å². The lowest BCUT2D eigenvalue weighted by Crippen LogP contribution is -2.47. The summed E-state index contributed by atoms with van der Waals surface area (Å²) >= 11 is 0. The van der Waals surface area contributed by atoms with Crippen molar-refractivity contribution in [3.05, 3.63) is 0 Å². The second-order valence-electron chi connectivity index (χ2n) is 6.95. The molecular formula is C16H32N2O. The first-order chi connectivity index (χ1) is 9.15. The highest BCUT2D eigenvalue weighted by atomic mass is 16.3. The number of likely N-dealkylation sites (tertiary alicyclic amines) is 1. The Bertz CT molecular complexity index is 248. The van der Waals surface area contributed by atoms with Gasteiger partial charge >= 0.3 is 0 Å². The summed E-state index contributed by atoms with van der Waals surface area (Å²) in [5.74, 6) is 0.530. The van der Waals surface area contributed by atoms with Crippen LogP contribution in [0.5, 0.6) is 0 Å². The van der Waals surface area contributed by atoms with Crippen LogP contribution in [0.2, 0.25) is 0 Å². The van der Waals surface area contributed by atoms with Crippen molar-refractivity contribution in [2.45, 2.75) is 58.0 Å². The van der Waals surface area contributed by atoms with Crippen LogP contribution in [0.3, 0.4) is 0 Å². The van der Waals surface area contributed by atoms with E-state index in [-0.39, 0.29) is 6.10 Å². The smallest absolute Gasteiger partial charge is 0.0541 e. The summed E-state index contributed by atoms with van der Waals surface area (Å²) in [6.45, 7) is 6.75. The molecule has 2 rings (SSSR count). The largest absolute Gasteiger partial charge is 0.393 e. The summed E-state index contributed by atoms with van der Waals surface area (Å²) in [5.41, 5.74) is 0.519. The van der Waals surface area contributed by atoms with Crippen LogP contribution in [0.1, 0.15) is 51.9 Å². The Hall–Kier alpha value is -0.120. The van der Waals surface area contributed by atoms with Gasteiger partial charge in [-0.05, 0) is 64.1 Å². The lowest BCUT2D eigenvalue weighted by molar-refractivity contribution is 0.0420. The molecule has 2 aliphatic rings. The number of aliphatic hydroxyl groups excluding tert-OH is 1. The number of hydrogen-bond acceptors (Lipinski definition) is 3. The van der Waals surface area contributed by atoms with Gasteiger partial charge in [0.2, 0.25) is 0 Å². The van der Waals surface area contributed by atoms with Crippen molar-refractivity contribution >= 4 is 0 Å². The molecule has 0 radical (unpaired) electrons. The molecule has 1 unspecified atom stereocenters. The molecule has 19 heavy (non-hydrogen) atoms. The fourth-order valence-corrected chi connectivity index (χ4v) is 4.14. The van der Waals surface area contributed by atoms with Crippen molar-refractivity contribution in [1.82, 2.24) is 10.2 Å². The van der Waals surface area contributed by atoms with Gasteiger partial charge in [-0.25, -0.2) is 0 Å². The summed E-state index contributed by atoms with van der Waals surface area (Å²) in [6.07, 6.45) is 9.25. The summed E-state index contributed by atoms with van der Waals surface area (Å²) in [5, 5.41) is 13.1. The van der Waals surface area contributed by atoms with Crippen LogP contribution >= 0.6 is 0 Å². The highest BCUT2D eigenvalue weighted by molar-refractivity contribution is 4.89. The van der Waals surface area contributed by atoms with Gasteiger partial charge in [-0.1, -0.05) is 19.3 Å². The van der Waals surface area contributed by atoms with Crippen molar-refractivity contribution in [2.75, 3.05) is 33.2 Å². The van der Waals surface area contributed by atoms with Gasteiger partial charge in [0.25, 0.3) is 0 Å². The Kier molecular flexibility index (Phi) is 5.67. The third-order valence-corrected chi connectivity index (χ3v) is 5.34. The van der Waals surface area contributed by atoms with Crippen LogP contribution in [0.4, 0.5) is 0 Å². The van der Waals surface area contributed by atoms with E-state index in [4.69, 9.17) is 0 Å². The maximum absolute atomic E-state index is 9.69. The normalized spacial score (nSPS) is 27.3. The SMILES string of the molecule is CNCC1(CN2CCC(C(C)O)CC2)CCCCC1. The Morgan fingerprint density at radius 3 is 2.37 bits per heavy atom. The van der Waals surface area contributed by atoms with E-state index in [0.29, 0.717) is 11.3 Å². The first-order valence-corrected chi connectivity index (χ1v) is 8.20. The predicted molar refractivity (Wildman–Crippen MR) is 80.3 cm³/mol. The molecule has 1 aliphatic heterocycles. The number of nitrogens with zero attached hydrogens (tertiary/aromatic N) is 1. The van der Waals surface area contributed by atoms with E-state index >= 15 is 0 Å². The zero-order chi connectivity index (χ0) is 13.7. The number of hydrogen-bond donors (Lipinski definition) is 2. The highest BCUT2D eigenvalue weighted by Gasteiger charge is 2.34. The lowest BCUT2D eigenvalue weighted by Gasteiger charge is -2.43. The molecule has 0 aromatic carbocycles. The van der Waals surface area contributed by atoms with Gasteiger partial charge in [-0.15, -0.1) is 0 Å². The van der Waals surface area contributed by atoms with E-state index in [2.05, 4.69) is 17.3 Å². The van der Waals surface area contributed by atoms with E-state index < -0.39 is 0 Å². The van der Waals surface area contributed by atoms with E-state index in [9.17, 15) is 5.11 Å². The molecule has 0 aromatic heterocycles. The molecule has 112 valence electrons. The predicted octanol–water partition coefficient (Wildman–Crippen LogP) is 2.25. The molecule has 0 spiro atoms. The van der Waals surface area contributed by atoms with Crippen LogP contribution in [-0.2, 0) is 0 Å². The van der Waals surface area contributed by atoms with Crippen LogP contribution in [0, 0.1) is 11.3 Å². The quantitative estimate of drug-likeness (QED) is 0.803. The van der Waals surface area contributed by atoms with Crippen molar-refractivity contribution in [3.8, 4) is 0 Å². The van der Waals surface area contributed by atoms with E-state index in [1.54, 1.807) is 0 Å². The topological polar surface area (TPSA) is 35.5 Å². The maximum Gasteiger partial charge on any atom is 0.0541 e. The molecular weight excluding hydrogens is 236 g/mol. The summed E-state index contributed by atoms with van der Waals surface area (Å²) in [6, 6.07) is 0. The minimum absolute atomic E-state index is 0.122. The number of nitrogens with one attached hydrogen (secondary N) is 1. The molecule has 0 aromatic rings. The summed E-state index contributed by atoms with van der Waals surface area (Å²) in [4.78, 5) is 2.65. The molecule has 2 fully saturated rings. The van der Waals surface area contributed by atoms with Crippen molar-refractivity contribution in [3.63, 3.8) is 0 Å². The molecule has 1 saturated heterocycles. The molecule has 1 heterocycles. The summed E-state index contributed by atoms with van der Waals surface area (Å²) < 4.78 is 0. The van der Waals surface area contributed by atoms with Crippen LogP contribution in [-0.4, -0.2) is 49.3 Å². The first-order valence-electron chi connectivity index (χ1n) is 8.20. The average molecular weight is 268 g/mol. The van der Waals surface area contributed by atoms with E-state index in [0.717, 1.165) is 0 Å². The molecule has 1 atom stereocenters. The van der Waals surface area contributed by atoms with Gasteiger partial charge in [-0.2, -0.15) is 0 Å². The van der Waals surface area contributed by atoms with E-state index in [1.807, 2.05) is 6.92 Å². The standard InChI is InChI=1S/C16H32N2O/c1-14(19)15-6-10-18(11-7-15)13-16(12-17-2)8-4-3-5-9-16/h14-15,17,19H,3-13H2,1-2H3. The van der Waals surface area contributed by atoms with Gasteiger partial charge in [0.1, 0.15) is 0 Å². The minimum Gasteiger partial charge on any atom is -0.393 e. The monoisotopic (exact) mass is 268 g/mol. The average Bonchev–Trinajstić information content (AvgIpc) is 2.40. The van der Waals surface area contributed by atoms with Crippen molar-refractivity contribution < 1.29 is 5.11 Å². The van der Waals surface area contributed by atoms with Crippen molar-refractivity contribution in [1.29, 1.82) is 0 Å². The zero-order valence-electron chi connectivity index (χ0n) is 12.8. The Balaban J connectivity index is 1.85. The zero-order valence-corrected chi connectivity index (χ0v) is 12.8. The van der Waals surface area contributed by atoms with Gasteiger partial charge < -0.3 is 15.3 Å². The molecule has 1 aliphatic carbocycles. The number of rotatable bonds is 5. The molecule has 1 saturated carbocycles. The van der Waals surface area contributed by atoms with Crippen LogP contribution < -0.4 is 5.32 Å². The third kappa shape index (κ3) is 4.17. The Labute approximate surface area is 118 Å². The Morgan fingerprint density at radius 2 is 1.84 bits per heavy atom. The fraction of sp³-hybridized carbons (Fsp3) is 1.00. The number of aliphatic hydroxyl groups is 1. The highest BCUT2D eigenvalue weighted by Crippen LogP contribution is 2.37. The lowest BCUT2D eigenvalue weighted by atomic mass is 9.73. The van der Waals surface area contributed by atoms with Gasteiger partial charge in [-0.3, -0.25) is 0 Å². The van der Waals surface area contributed by atoms with Crippen molar-refractivity contribution in [2.24, 2.45) is 11.3 Å². The van der Waals surface area contributed by atoms with Crippen LogP contribution in [0.25, 0.3) is 0 Å². The fourth-order valence-electron chi connectivity index (χ4n) is 4.14.